The van der Waals surface area contributed by atoms with E-state index in [0.29, 0.717) is 46.6 Å². The minimum absolute atomic E-state index is 0.236. The second-order valence-electron chi connectivity index (χ2n) is 11.2. The molecule has 40 heavy (non-hydrogen) atoms. The number of carboxylic acid groups (broad SMARTS) is 2. The monoisotopic (exact) mass is 586 g/mol. The Kier molecular flexibility index (Phi) is 9.79. The summed E-state index contributed by atoms with van der Waals surface area (Å²) in [6.07, 6.45) is 7.28. The van der Waals surface area contributed by atoms with Crippen molar-refractivity contribution in [3.63, 3.8) is 0 Å². The fourth-order valence-electron chi connectivity index (χ4n) is 4.38. The average Bonchev–Trinajstić information content (AvgIpc) is 2.87. The van der Waals surface area contributed by atoms with E-state index in [1.54, 1.807) is 52.0 Å². The molecule has 8 nitrogen and oxygen atoms in total. The van der Waals surface area contributed by atoms with Gasteiger partial charge in [-0.05, 0) is 89.5 Å². The van der Waals surface area contributed by atoms with E-state index in [1.165, 1.54) is 24.3 Å². The molecule has 10 heteroatoms. The predicted octanol–water partition coefficient (Wildman–Crippen LogP) is 5.36. The summed E-state index contributed by atoms with van der Waals surface area (Å²) in [7, 11) is -3.43. The Hall–Kier alpha value is -3.24. The zero-order chi connectivity index (χ0) is 29.8. The lowest BCUT2D eigenvalue weighted by Gasteiger charge is -2.22. The summed E-state index contributed by atoms with van der Waals surface area (Å²) in [5.41, 5.74) is -1.06. The van der Waals surface area contributed by atoms with Crippen LogP contribution in [0.25, 0.3) is 9.81 Å². The summed E-state index contributed by atoms with van der Waals surface area (Å²) < 4.78 is 27.2. The zero-order valence-corrected chi connectivity index (χ0v) is 24.7. The van der Waals surface area contributed by atoms with Crippen molar-refractivity contribution in [2.24, 2.45) is 10.8 Å². The van der Waals surface area contributed by atoms with Crippen molar-refractivity contribution < 1.29 is 37.8 Å². The molecule has 2 heterocycles. The van der Waals surface area contributed by atoms with Crippen molar-refractivity contribution in [2.45, 2.75) is 66.2 Å². The number of carbonyl (C=O) groups is 4. The molecule has 2 N–H and O–H groups in total. The molecule has 0 spiro atoms. The minimum atomic E-state index is -1.72. The fourth-order valence-corrected chi connectivity index (χ4v) is 7.25. The van der Waals surface area contributed by atoms with E-state index in [-0.39, 0.29) is 34.2 Å². The van der Waals surface area contributed by atoms with Crippen LogP contribution in [0.4, 0.5) is 0 Å². The molecule has 0 amide bonds. The maximum absolute atomic E-state index is 13.6. The van der Waals surface area contributed by atoms with Crippen molar-refractivity contribution in [2.75, 3.05) is 0 Å². The first kappa shape index (κ1) is 31.3. The number of hydrogen-bond acceptors (Lipinski definition) is 6. The van der Waals surface area contributed by atoms with E-state index in [2.05, 4.69) is 0 Å². The lowest BCUT2D eigenvalue weighted by atomic mass is 9.87. The van der Waals surface area contributed by atoms with Crippen LogP contribution in [0.15, 0.2) is 58.4 Å². The third kappa shape index (κ3) is 7.28. The van der Waals surface area contributed by atoms with Crippen molar-refractivity contribution in [3.8, 4) is 0 Å². The molecule has 3 rings (SSSR count). The first-order valence-electron chi connectivity index (χ1n) is 13.0. The van der Waals surface area contributed by atoms with Crippen molar-refractivity contribution in [1.82, 2.24) is 0 Å². The number of carboxylic acids is 2. The van der Waals surface area contributed by atoms with Gasteiger partial charge in [-0.2, -0.15) is 0 Å². The third-order valence-corrected chi connectivity index (χ3v) is 10.2. The van der Waals surface area contributed by atoms with Crippen LogP contribution in [-0.4, -0.2) is 42.1 Å². The average molecular weight is 587 g/mol. The van der Waals surface area contributed by atoms with Crippen LogP contribution in [0.2, 0.25) is 0 Å². The van der Waals surface area contributed by atoms with E-state index >= 15 is 0 Å². The summed E-state index contributed by atoms with van der Waals surface area (Å²) in [5, 5.41) is 18.7. The molecule has 214 valence electrons. The summed E-state index contributed by atoms with van der Waals surface area (Å²) in [6, 6.07) is 6.73. The van der Waals surface area contributed by atoms with Gasteiger partial charge in [-0.1, -0.05) is 24.3 Å². The lowest BCUT2D eigenvalue weighted by molar-refractivity contribution is -0.148. The molecule has 2 unspecified atom stereocenters. The van der Waals surface area contributed by atoms with Gasteiger partial charge in [-0.15, -0.1) is 0 Å². The predicted molar refractivity (Wildman–Crippen MR) is 155 cm³/mol. The summed E-state index contributed by atoms with van der Waals surface area (Å²) in [5.74, 6) is -2.57. The highest BCUT2D eigenvalue weighted by Crippen LogP contribution is 2.38. The largest absolute Gasteiger partial charge is 0.481 e. The molecule has 0 saturated carbocycles. The van der Waals surface area contributed by atoms with Gasteiger partial charge in [0.15, 0.2) is 11.6 Å². The maximum Gasteiger partial charge on any atom is 0.309 e. The standard InChI is InChI=1S/C30H34O8S2/c1-29(2,27(33)34)13-7-9-21-15-19(31)17-25(39(21)37)23-11-5-6-12-24(23)26-18-20(32)16-22(40(26)38)10-8-14-30(3,4)28(35)36/h5-6,11-12,15-18H,7-10,13-14H2,1-4H3,(H,33,34)(H,35,36). The molecule has 1 aromatic carbocycles. The first-order chi connectivity index (χ1) is 18.6. The molecular weight excluding hydrogens is 552 g/mol. The zero-order valence-electron chi connectivity index (χ0n) is 23.0. The fraction of sp³-hybridized carbons (Fsp3) is 0.400. The van der Waals surface area contributed by atoms with Crippen molar-refractivity contribution >= 4 is 54.9 Å². The number of aliphatic carboxylic acids is 2. The van der Waals surface area contributed by atoms with Crippen LogP contribution in [-0.2, 0) is 40.8 Å². The van der Waals surface area contributed by atoms with Gasteiger partial charge in [-0.3, -0.25) is 19.2 Å². The Labute approximate surface area is 238 Å². The quantitative estimate of drug-likeness (QED) is 0.333. The number of carbonyl (C=O) groups excluding carboxylic acids is 2. The van der Waals surface area contributed by atoms with Gasteiger partial charge in [0.2, 0.25) is 0 Å². The molecule has 1 aromatic rings. The van der Waals surface area contributed by atoms with Crippen LogP contribution in [0.1, 0.15) is 77.3 Å². The molecule has 0 radical (unpaired) electrons. The van der Waals surface area contributed by atoms with Crippen molar-refractivity contribution in [1.29, 1.82) is 0 Å². The summed E-state index contributed by atoms with van der Waals surface area (Å²) in [6.45, 7) is 6.46. The van der Waals surface area contributed by atoms with E-state index in [1.807, 2.05) is 0 Å². The van der Waals surface area contributed by atoms with Crippen LogP contribution >= 0.6 is 0 Å². The molecule has 0 bridgehead atoms. The van der Waals surface area contributed by atoms with E-state index in [9.17, 15) is 37.8 Å². The second-order valence-corrected chi connectivity index (χ2v) is 14.2. The van der Waals surface area contributed by atoms with Gasteiger partial charge in [-0.25, -0.2) is 8.42 Å². The Bertz CT molecular complexity index is 1320. The van der Waals surface area contributed by atoms with Gasteiger partial charge in [0.1, 0.15) is 0 Å². The van der Waals surface area contributed by atoms with Gasteiger partial charge >= 0.3 is 11.9 Å². The van der Waals surface area contributed by atoms with Crippen LogP contribution in [0, 0.1) is 10.8 Å². The van der Waals surface area contributed by atoms with E-state index < -0.39 is 44.4 Å². The Morgan fingerprint density at radius 2 is 1.02 bits per heavy atom. The molecule has 0 aliphatic carbocycles. The molecule has 0 saturated heterocycles. The molecule has 2 atom stereocenters. The van der Waals surface area contributed by atoms with E-state index in [0.717, 1.165) is 0 Å². The normalized spacial score (nSPS) is 19.9. The second kappa shape index (κ2) is 12.5. The van der Waals surface area contributed by atoms with Crippen LogP contribution < -0.4 is 0 Å². The lowest BCUT2D eigenvalue weighted by Crippen LogP contribution is -2.23. The third-order valence-electron chi connectivity index (χ3n) is 7.09. The number of rotatable bonds is 12. The first-order valence-corrected chi connectivity index (χ1v) is 15.3. The number of hydrogen-bond donors (Lipinski definition) is 2. The minimum Gasteiger partial charge on any atom is -0.481 e. The molecular formula is C30H34O8S2. The van der Waals surface area contributed by atoms with Gasteiger partial charge in [0.05, 0.1) is 42.2 Å². The van der Waals surface area contributed by atoms with Crippen LogP contribution in [0.5, 0.6) is 0 Å². The van der Waals surface area contributed by atoms with Crippen LogP contribution in [0.3, 0.4) is 0 Å². The maximum atomic E-state index is 13.6. The summed E-state index contributed by atoms with van der Waals surface area (Å²) >= 11 is 0. The molecule has 2 aliphatic rings. The highest BCUT2D eigenvalue weighted by atomic mass is 32.2. The topological polar surface area (TPSA) is 143 Å². The SMILES string of the molecule is CC(C)(CCCC1=CC(=O)C=C(c2ccccc2C2=CC(=O)C=C(CCCC(C)(C)C(=O)O)S2=O)S1=O)C(=O)O. The van der Waals surface area contributed by atoms with E-state index in [4.69, 9.17) is 0 Å². The molecule has 0 aromatic heterocycles. The number of ketones is 2. The highest BCUT2D eigenvalue weighted by molar-refractivity contribution is 7.99. The molecule has 2 aliphatic heterocycles. The molecule has 0 fully saturated rings. The number of allylic oxidation sites excluding steroid dienone is 6. The highest BCUT2D eigenvalue weighted by Gasteiger charge is 2.31. The Balaban J connectivity index is 1.84. The number of benzene rings is 1. The Morgan fingerprint density at radius 3 is 1.35 bits per heavy atom. The smallest absolute Gasteiger partial charge is 0.309 e. The van der Waals surface area contributed by atoms with Gasteiger partial charge in [0.25, 0.3) is 0 Å². The van der Waals surface area contributed by atoms with Crippen molar-refractivity contribution in [3.05, 3.63) is 69.5 Å². The van der Waals surface area contributed by atoms with Gasteiger partial charge in [0, 0.05) is 22.0 Å². The summed E-state index contributed by atoms with van der Waals surface area (Å²) in [4.78, 5) is 49.3. The van der Waals surface area contributed by atoms with Gasteiger partial charge < -0.3 is 10.2 Å². The Morgan fingerprint density at radius 1 is 0.675 bits per heavy atom.